The lowest BCUT2D eigenvalue weighted by Gasteiger charge is -2.10. The van der Waals surface area contributed by atoms with Crippen LogP contribution in [0.5, 0.6) is 5.75 Å². The number of rotatable bonds is 11. The number of hydrogen-bond acceptors (Lipinski definition) is 4. The van der Waals surface area contributed by atoms with Crippen LogP contribution < -0.4 is 4.74 Å². The van der Waals surface area contributed by atoms with E-state index in [2.05, 4.69) is 6.92 Å². The van der Waals surface area contributed by atoms with Crippen molar-refractivity contribution in [3.8, 4) is 5.75 Å². The van der Waals surface area contributed by atoms with E-state index in [4.69, 9.17) is 55.9 Å². The van der Waals surface area contributed by atoms with Gasteiger partial charge in [0.25, 0.3) is 0 Å². The molecule has 26 heavy (non-hydrogen) atoms. The molecule has 1 rings (SSSR count). The smallest absolute Gasteiger partial charge is 0.311 e. The van der Waals surface area contributed by atoms with E-state index in [9.17, 15) is 9.59 Å². The highest BCUT2D eigenvalue weighted by Gasteiger charge is 2.18. The molecule has 0 aliphatic carbocycles. The van der Waals surface area contributed by atoms with E-state index < -0.39 is 5.97 Å². The largest absolute Gasteiger partial charge is 0.466 e. The minimum absolute atomic E-state index is 0.0100. The van der Waals surface area contributed by atoms with Gasteiger partial charge in [0.1, 0.15) is 5.02 Å². The van der Waals surface area contributed by atoms with Crippen LogP contribution in [0.3, 0.4) is 0 Å². The van der Waals surface area contributed by atoms with Crippen LogP contribution in [0, 0.1) is 0 Å². The van der Waals surface area contributed by atoms with Gasteiger partial charge in [-0.2, -0.15) is 0 Å². The average molecular weight is 444 g/mol. The normalized spacial score (nSPS) is 10.7. The second kappa shape index (κ2) is 12.7. The summed E-state index contributed by atoms with van der Waals surface area (Å²) in [5.41, 5.74) is 0. The number of halogens is 4. The van der Waals surface area contributed by atoms with Crippen molar-refractivity contribution in [2.24, 2.45) is 0 Å². The molecule has 0 N–H and O–H groups in total. The van der Waals surface area contributed by atoms with Gasteiger partial charge >= 0.3 is 11.9 Å². The minimum atomic E-state index is -0.514. The molecule has 0 aliphatic rings. The Kier molecular flexibility index (Phi) is 11.4. The monoisotopic (exact) mass is 442 g/mol. The maximum Gasteiger partial charge on any atom is 0.311 e. The summed E-state index contributed by atoms with van der Waals surface area (Å²) < 4.78 is 10.3. The highest BCUT2D eigenvalue weighted by atomic mass is 35.5. The Labute approximate surface area is 174 Å². The maximum atomic E-state index is 11.9. The molecule has 0 bridgehead atoms. The van der Waals surface area contributed by atoms with Gasteiger partial charge in [0.2, 0.25) is 0 Å². The molecule has 0 saturated heterocycles. The zero-order valence-corrected chi connectivity index (χ0v) is 17.6. The van der Waals surface area contributed by atoms with Crippen LogP contribution in [-0.4, -0.2) is 18.5 Å². The van der Waals surface area contributed by atoms with Gasteiger partial charge in [-0.25, -0.2) is 0 Å². The van der Waals surface area contributed by atoms with Crippen LogP contribution in [0.2, 0.25) is 20.1 Å². The number of hydrogen-bond donors (Lipinski definition) is 0. The molecule has 1 aromatic rings. The third-order valence-electron chi connectivity index (χ3n) is 3.56. The molecule has 4 nitrogen and oxygen atoms in total. The summed E-state index contributed by atoms with van der Waals surface area (Å²) in [5, 5.41) is 0.338. The SMILES string of the molecule is CCCCCCOC(=O)CCCCC(=O)Oc1c(Cl)cc(Cl)c(Cl)c1Cl. The third kappa shape index (κ3) is 8.34. The summed E-state index contributed by atoms with van der Waals surface area (Å²) in [6.07, 6.45) is 5.65. The lowest BCUT2D eigenvalue weighted by Crippen LogP contribution is -2.10. The second-order valence-corrected chi connectivity index (χ2v) is 7.33. The van der Waals surface area contributed by atoms with Gasteiger partial charge in [-0.1, -0.05) is 72.6 Å². The Morgan fingerprint density at radius 3 is 2.15 bits per heavy atom. The molecule has 0 spiro atoms. The van der Waals surface area contributed by atoms with E-state index in [-0.39, 0.29) is 44.7 Å². The van der Waals surface area contributed by atoms with Crippen molar-refractivity contribution in [1.82, 2.24) is 0 Å². The second-order valence-electron chi connectivity index (χ2n) is 5.76. The van der Waals surface area contributed by atoms with Crippen molar-refractivity contribution >= 4 is 58.3 Å². The Morgan fingerprint density at radius 2 is 1.50 bits per heavy atom. The van der Waals surface area contributed by atoms with Gasteiger partial charge in [0, 0.05) is 12.8 Å². The molecule has 1 aromatic carbocycles. The van der Waals surface area contributed by atoms with E-state index in [1.165, 1.54) is 6.07 Å². The van der Waals surface area contributed by atoms with E-state index in [0.717, 1.165) is 25.7 Å². The highest BCUT2D eigenvalue weighted by molar-refractivity contribution is 6.50. The predicted molar refractivity (Wildman–Crippen MR) is 106 cm³/mol. The molecule has 0 atom stereocenters. The molecule has 0 amide bonds. The average Bonchev–Trinajstić information content (AvgIpc) is 2.60. The van der Waals surface area contributed by atoms with E-state index in [1.807, 2.05) is 0 Å². The number of carbonyl (C=O) groups excluding carboxylic acids is 2. The summed E-state index contributed by atoms with van der Waals surface area (Å²) >= 11 is 23.7. The first-order chi connectivity index (χ1) is 12.4. The highest BCUT2D eigenvalue weighted by Crippen LogP contribution is 2.42. The molecule has 0 saturated carbocycles. The van der Waals surface area contributed by atoms with Crippen molar-refractivity contribution in [3.05, 3.63) is 26.2 Å². The molecule has 0 aliphatic heterocycles. The van der Waals surface area contributed by atoms with Crippen molar-refractivity contribution in [2.45, 2.75) is 58.3 Å². The summed E-state index contributed by atoms with van der Waals surface area (Å²) in [6, 6.07) is 1.36. The Morgan fingerprint density at radius 1 is 0.846 bits per heavy atom. The quantitative estimate of drug-likeness (QED) is 0.123. The maximum absolute atomic E-state index is 11.9. The molecule has 8 heteroatoms. The molecule has 146 valence electrons. The predicted octanol–water partition coefficient (Wildman–Crippen LogP) is 6.89. The number of unbranched alkanes of at least 4 members (excludes halogenated alkanes) is 4. The summed E-state index contributed by atoms with van der Waals surface area (Å²) in [7, 11) is 0. The number of benzene rings is 1. The van der Waals surface area contributed by atoms with Crippen LogP contribution >= 0.6 is 46.4 Å². The van der Waals surface area contributed by atoms with Crippen molar-refractivity contribution < 1.29 is 19.1 Å². The van der Waals surface area contributed by atoms with Crippen LogP contribution in [0.15, 0.2) is 6.07 Å². The minimum Gasteiger partial charge on any atom is -0.466 e. The third-order valence-corrected chi connectivity index (χ3v) is 5.09. The Balaban J connectivity index is 2.27. The standard InChI is InChI=1S/C18H22Cl4O4/c1-2-3-4-7-10-25-14(23)8-5-6-9-15(24)26-18-13(20)11-12(19)16(21)17(18)22/h11H,2-10H2,1H3. The number of carbonyl (C=O) groups is 2. The van der Waals surface area contributed by atoms with Gasteiger partial charge in [0.05, 0.1) is 21.7 Å². The van der Waals surface area contributed by atoms with Crippen LogP contribution in [0.1, 0.15) is 58.3 Å². The van der Waals surface area contributed by atoms with Gasteiger partial charge in [-0.15, -0.1) is 0 Å². The Hall–Kier alpha value is -0.680. The van der Waals surface area contributed by atoms with Crippen LogP contribution in [0.25, 0.3) is 0 Å². The first-order valence-electron chi connectivity index (χ1n) is 8.56. The molecule has 0 heterocycles. The summed E-state index contributed by atoms with van der Waals surface area (Å²) in [5.74, 6) is -0.773. The van der Waals surface area contributed by atoms with E-state index in [0.29, 0.717) is 19.4 Å². The zero-order chi connectivity index (χ0) is 19.5. The fourth-order valence-corrected chi connectivity index (χ4v) is 3.11. The number of esters is 2. The van der Waals surface area contributed by atoms with Crippen LogP contribution in [-0.2, 0) is 14.3 Å². The fraction of sp³-hybridized carbons (Fsp3) is 0.556. The summed E-state index contributed by atoms with van der Waals surface area (Å²) in [4.78, 5) is 23.5. The van der Waals surface area contributed by atoms with Gasteiger partial charge < -0.3 is 9.47 Å². The van der Waals surface area contributed by atoms with E-state index in [1.54, 1.807) is 0 Å². The topological polar surface area (TPSA) is 52.6 Å². The van der Waals surface area contributed by atoms with Gasteiger partial charge in [-0.05, 0) is 25.3 Å². The molecule has 0 aromatic heterocycles. The first-order valence-corrected chi connectivity index (χ1v) is 10.1. The van der Waals surface area contributed by atoms with E-state index >= 15 is 0 Å². The van der Waals surface area contributed by atoms with Crippen molar-refractivity contribution in [2.75, 3.05) is 6.61 Å². The lowest BCUT2D eigenvalue weighted by atomic mass is 10.2. The lowest BCUT2D eigenvalue weighted by molar-refractivity contribution is -0.144. The van der Waals surface area contributed by atoms with Gasteiger partial charge in [-0.3, -0.25) is 9.59 Å². The molecule has 0 radical (unpaired) electrons. The number of ether oxygens (including phenoxy) is 2. The fourth-order valence-electron chi connectivity index (χ4n) is 2.13. The molecule has 0 unspecified atom stereocenters. The molecule has 0 fully saturated rings. The zero-order valence-electron chi connectivity index (χ0n) is 14.6. The first kappa shape index (κ1) is 23.4. The summed E-state index contributed by atoms with van der Waals surface area (Å²) in [6.45, 7) is 2.58. The van der Waals surface area contributed by atoms with Crippen molar-refractivity contribution in [1.29, 1.82) is 0 Å². The van der Waals surface area contributed by atoms with Crippen LogP contribution in [0.4, 0.5) is 0 Å². The Bertz CT molecular complexity index is 620. The molecular formula is C18H22Cl4O4. The van der Waals surface area contributed by atoms with Crippen molar-refractivity contribution in [3.63, 3.8) is 0 Å². The molecular weight excluding hydrogens is 422 g/mol. The van der Waals surface area contributed by atoms with Gasteiger partial charge in [0.15, 0.2) is 5.75 Å².